The Morgan fingerprint density at radius 3 is 2.93 bits per heavy atom. The maximum absolute atomic E-state index is 11.2. The summed E-state index contributed by atoms with van der Waals surface area (Å²) in [5.74, 6) is -0.184. The Labute approximate surface area is 154 Å². The predicted molar refractivity (Wildman–Crippen MR) is 96.2 cm³/mol. The molecule has 0 saturated carbocycles. The van der Waals surface area contributed by atoms with E-state index in [1.807, 2.05) is 44.2 Å². The van der Waals surface area contributed by atoms with Crippen molar-refractivity contribution in [2.24, 2.45) is 0 Å². The summed E-state index contributed by atoms with van der Waals surface area (Å²) in [6.45, 7) is 3.51. The summed E-state index contributed by atoms with van der Waals surface area (Å²) in [5.41, 5.74) is 3.24. The van der Waals surface area contributed by atoms with E-state index in [2.05, 4.69) is 30.9 Å². The second kappa shape index (κ2) is 7.49. The number of allylic oxidation sites excluding steroid dienone is 1. The number of nitriles is 1. The van der Waals surface area contributed by atoms with Gasteiger partial charge in [-0.2, -0.15) is 10.5 Å². The van der Waals surface area contributed by atoms with E-state index in [1.165, 1.54) is 6.20 Å². The van der Waals surface area contributed by atoms with E-state index in [4.69, 9.17) is 0 Å². The van der Waals surface area contributed by atoms with Crippen LogP contribution in [0, 0.1) is 25.2 Å². The topological polar surface area (TPSA) is 145 Å². The van der Waals surface area contributed by atoms with Crippen molar-refractivity contribution in [3.05, 3.63) is 47.7 Å². The van der Waals surface area contributed by atoms with Gasteiger partial charge in [0.15, 0.2) is 0 Å². The summed E-state index contributed by atoms with van der Waals surface area (Å²) < 4.78 is 1.66. The van der Waals surface area contributed by atoms with Crippen molar-refractivity contribution in [3.63, 3.8) is 0 Å². The second-order valence-electron chi connectivity index (χ2n) is 5.72. The van der Waals surface area contributed by atoms with Gasteiger partial charge in [-0.1, -0.05) is 12.1 Å². The van der Waals surface area contributed by atoms with Gasteiger partial charge in [-0.3, -0.25) is 4.79 Å². The number of carbonyl (C=O) groups is 1. The molecule has 2 heterocycles. The van der Waals surface area contributed by atoms with E-state index in [0.717, 1.165) is 17.0 Å². The molecule has 10 nitrogen and oxygen atoms in total. The third-order valence-electron chi connectivity index (χ3n) is 3.96. The third kappa shape index (κ3) is 3.82. The lowest BCUT2D eigenvalue weighted by atomic mass is 10.2. The number of rotatable bonds is 6. The number of nitrogens with one attached hydrogen (secondary N) is 2. The Hall–Kier alpha value is -4.00. The number of carboxylic acids is 1. The summed E-state index contributed by atoms with van der Waals surface area (Å²) >= 11 is 0. The number of aliphatic carboxylic acids is 1. The number of aromatic amines is 1. The summed E-state index contributed by atoms with van der Waals surface area (Å²) in [6, 6.07) is 9.29. The van der Waals surface area contributed by atoms with Gasteiger partial charge in [0.1, 0.15) is 24.0 Å². The molecule has 27 heavy (non-hydrogen) atoms. The van der Waals surface area contributed by atoms with Crippen LogP contribution in [-0.2, 0) is 11.3 Å². The third-order valence-corrected chi connectivity index (χ3v) is 3.96. The van der Waals surface area contributed by atoms with E-state index in [9.17, 15) is 15.2 Å². The Morgan fingerprint density at radius 1 is 1.44 bits per heavy atom. The second-order valence-corrected chi connectivity index (χ2v) is 5.72. The number of aryl methyl sites for hydroxylation is 1. The number of hydrogen-bond acceptors (Lipinski definition) is 7. The normalized spacial score (nSPS) is 11.2. The number of anilines is 1. The van der Waals surface area contributed by atoms with E-state index in [0.29, 0.717) is 11.5 Å². The summed E-state index contributed by atoms with van der Waals surface area (Å²) in [4.78, 5) is 15.7. The molecule has 0 unspecified atom stereocenters. The molecule has 0 fully saturated rings. The molecule has 0 aliphatic heterocycles. The standard InChI is InChI=1S/C17H16N8O2/c1-10-11(2)25(9-15(26)27)17(20-10)12-4-3-5-14(6-12)19-8-13(7-18)16-21-23-24-22-16/h3-6,8,19H,9H2,1-2H3,(H,26,27)(H,21,22,23,24). The lowest BCUT2D eigenvalue weighted by molar-refractivity contribution is -0.137. The zero-order valence-electron chi connectivity index (χ0n) is 14.6. The first-order valence-corrected chi connectivity index (χ1v) is 7.96. The Morgan fingerprint density at radius 2 is 2.26 bits per heavy atom. The van der Waals surface area contributed by atoms with E-state index >= 15 is 0 Å². The van der Waals surface area contributed by atoms with Crippen LogP contribution in [0.25, 0.3) is 17.0 Å². The van der Waals surface area contributed by atoms with Gasteiger partial charge >= 0.3 is 5.97 Å². The SMILES string of the molecule is Cc1nc(-c2cccc(NC=C(C#N)c3nn[nH]n3)c2)n(CC(=O)O)c1C. The fourth-order valence-electron chi connectivity index (χ4n) is 2.53. The molecule has 3 N–H and O–H groups in total. The van der Waals surface area contributed by atoms with Crippen LogP contribution in [0.4, 0.5) is 5.69 Å². The smallest absolute Gasteiger partial charge is 0.323 e. The van der Waals surface area contributed by atoms with Crippen LogP contribution in [0.15, 0.2) is 30.5 Å². The highest BCUT2D eigenvalue weighted by atomic mass is 16.4. The molecule has 0 spiro atoms. The summed E-state index contributed by atoms with van der Waals surface area (Å²) in [5, 5.41) is 34.7. The zero-order chi connectivity index (χ0) is 19.4. The van der Waals surface area contributed by atoms with Crippen molar-refractivity contribution in [2.75, 3.05) is 5.32 Å². The molecule has 3 aromatic rings. The maximum Gasteiger partial charge on any atom is 0.323 e. The first kappa shape index (κ1) is 17.8. The molecular formula is C17H16N8O2. The Kier molecular flexibility index (Phi) is 4.94. The van der Waals surface area contributed by atoms with Crippen LogP contribution >= 0.6 is 0 Å². The number of tetrazole rings is 1. The Bertz CT molecular complexity index is 1040. The van der Waals surface area contributed by atoms with Crippen molar-refractivity contribution in [3.8, 4) is 17.5 Å². The van der Waals surface area contributed by atoms with Gasteiger partial charge in [-0.25, -0.2) is 4.98 Å². The summed E-state index contributed by atoms with van der Waals surface area (Å²) in [6.07, 6.45) is 1.48. The number of benzene rings is 1. The van der Waals surface area contributed by atoms with Crippen LogP contribution in [0.2, 0.25) is 0 Å². The molecule has 0 bridgehead atoms. The minimum absolute atomic E-state index is 0.171. The highest BCUT2D eigenvalue weighted by molar-refractivity contribution is 5.75. The fourth-order valence-corrected chi connectivity index (χ4v) is 2.53. The number of imidazole rings is 1. The largest absolute Gasteiger partial charge is 0.480 e. The number of H-pyrrole nitrogens is 1. The molecule has 0 radical (unpaired) electrons. The maximum atomic E-state index is 11.2. The van der Waals surface area contributed by atoms with Gasteiger partial charge in [0.2, 0.25) is 5.82 Å². The van der Waals surface area contributed by atoms with E-state index < -0.39 is 5.97 Å². The number of aromatic nitrogens is 6. The lowest BCUT2D eigenvalue weighted by Crippen LogP contribution is -2.11. The Balaban J connectivity index is 1.92. The molecule has 0 amide bonds. The van der Waals surface area contributed by atoms with E-state index in [-0.39, 0.29) is 17.9 Å². The minimum atomic E-state index is -0.937. The van der Waals surface area contributed by atoms with Crippen molar-refractivity contribution in [1.82, 2.24) is 30.2 Å². The molecule has 0 atom stereocenters. The lowest BCUT2D eigenvalue weighted by Gasteiger charge is -2.09. The first-order valence-electron chi connectivity index (χ1n) is 7.96. The van der Waals surface area contributed by atoms with E-state index in [1.54, 1.807) is 4.57 Å². The van der Waals surface area contributed by atoms with Crippen LogP contribution in [0.1, 0.15) is 17.2 Å². The number of nitrogens with zero attached hydrogens (tertiary/aromatic N) is 6. The zero-order valence-corrected chi connectivity index (χ0v) is 14.6. The molecule has 136 valence electrons. The molecule has 0 saturated heterocycles. The van der Waals surface area contributed by atoms with Gasteiger partial charge in [0.25, 0.3) is 0 Å². The van der Waals surface area contributed by atoms with Crippen molar-refractivity contribution in [2.45, 2.75) is 20.4 Å². The monoisotopic (exact) mass is 364 g/mol. The van der Waals surface area contributed by atoms with Crippen LogP contribution in [0.3, 0.4) is 0 Å². The number of carboxylic acid groups (broad SMARTS) is 1. The van der Waals surface area contributed by atoms with Crippen LogP contribution in [0.5, 0.6) is 0 Å². The fraction of sp³-hybridized carbons (Fsp3) is 0.176. The average molecular weight is 364 g/mol. The van der Waals surface area contributed by atoms with Crippen molar-refractivity contribution >= 4 is 17.2 Å². The highest BCUT2D eigenvalue weighted by Gasteiger charge is 2.15. The van der Waals surface area contributed by atoms with Gasteiger partial charge in [0, 0.05) is 23.1 Å². The minimum Gasteiger partial charge on any atom is -0.480 e. The number of hydrogen-bond donors (Lipinski definition) is 3. The molecule has 0 aliphatic rings. The quantitative estimate of drug-likeness (QED) is 0.561. The van der Waals surface area contributed by atoms with Crippen molar-refractivity contribution < 1.29 is 9.90 Å². The molecule has 10 heteroatoms. The summed E-state index contributed by atoms with van der Waals surface area (Å²) in [7, 11) is 0. The van der Waals surface area contributed by atoms with Crippen molar-refractivity contribution in [1.29, 1.82) is 5.26 Å². The molecule has 2 aromatic heterocycles. The molecule has 1 aromatic carbocycles. The predicted octanol–water partition coefficient (Wildman–Crippen LogP) is 1.74. The molecular weight excluding hydrogens is 348 g/mol. The van der Waals surface area contributed by atoms with Gasteiger partial charge < -0.3 is 15.0 Å². The molecule has 3 rings (SSSR count). The van der Waals surface area contributed by atoms with Gasteiger partial charge in [-0.15, -0.1) is 10.2 Å². The van der Waals surface area contributed by atoms with Crippen LogP contribution in [-0.4, -0.2) is 41.3 Å². The van der Waals surface area contributed by atoms with Gasteiger partial charge in [0.05, 0.1) is 5.69 Å². The first-order chi connectivity index (χ1) is 13.0. The van der Waals surface area contributed by atoms with Crippen LogP contribution < -0.4 is 5.32 Å². The average Bonchev–Trinajstić information content (AvgIpc) is 3.27. The van der Waals surface area contributed by atoms with Gasteiger partial charge in [-0.05, 0) is 31.2 Å². The highest BCUT2D eigenvalue weighted by Crippen LogP contribution is 2.25. The molecule has 0 aliphatic carbocycles.